The summed E-state index contributed by atoms with van der Waals surface area (Å²) in [6.07, 6.45) is -2.51. The summed E-state index contributed by atoms with van der Waals surface area (Å²) < 4.78 is 57.4. The van der Waals surface area contributed by atoms with Crippen LogP contribution in [0.1, 0.15) is 46.0 Å². The highest BCUT2D eigenvalue weighted by Gasteiger charge is 2.39. The maximum absolute atomic E-state index is 13.3. The van der Waals surface area contributed by atoms with E-state index in [4.69, 9.17) is 9.47 Å². The molecule has 13 nitrogen and oxygen atoms in total. The Hall–Kier alpha value is -4.38. The SMILES string of the molecule is COC(=O)Nc1ccc(-c2cn(COCC[Si](C)(C)C)c(C(CC=CC(C)C(=O)[O-])NC(=O)OC(C)(C)C)n2)c(NC(=O)C(F)(F)F)c1. The molecule has 17 heteroatoms. The second-order valence-corrected chi connectivity index (χ2v) is 18.7. The fourth-order valence-electron chi connectivity index (χ4n) is 3.97. The van der Waals surface area contributed by atoms with Gasteiger partial charge in [-0.15, -0.1) is 0 Å². The summed E-state index contributed by atoms with van der Waals surface area (Å²) in [6, 6.07) is 3.72. The van der Waals surface area contributed by atoms with Crippen LogP contribution < -0.4 is 21.1 Å². The highest BCUT2D eigenvalue weighted by molar-refractivity contribution is 6.76. The van der Waals surface area contributed by atoms with Crippen molar-refractivity contribution in [2.45, 2.75) is 84.4 Å². The summed E-state index contributed by atoms with van der Waals surface area (Å²) in [5.74, 6) is -4.31. The number of alkyl halides is 3. The number of ether oxygens (including phenoxy) is 3. The quantitative estimate of drug-likeness (QED) is 0.132. The number of methoxy groups -OCH3 is 1. The minimum absolute atomic E-state index is 0.0223. The number of anilines is 2. The molecule has 2 atom stereocenters. The van der Waals surface area contributed by atoms with E-state index in [2.05, 4.69) is 40.0 Å². The number of imidazole rings is 1. The third kappa shape index (κ3) is 13.4. The largest absolute Gasteiger partial charge is 0.550 e. The van der Waals surface area contributed by atoms with Gasteiger partial charge in [0.15, 0.2) is 0 Å². The normalized spacial score (nSPS) is 13.5. The Bertz CT molecular complexity index is 1480. The van der Waals surface area contributed by atoms with Crippen molar-refractivity contribution >= 4 is 43.5 Å². The molecule has 2 rings (SSSR count). The third-order valence-electron chi connectivity index (χ3n) is 6.44. The van der Waals surface area contributed by atoms with Crippen molar-refractivity contribution in [1.82, 2.24) is 14.9 Å². The smallest absolute Gasteiger partial charge is 0.471 e. The number of benzene rings is 1. The number of aromatic nitrogens is 2. The predicted molar refractivity (Wildman–Crippen MR) is 173 cm³/mol. The van der Waals surface area contributed by atoms with Crippen molar-refractivity contribution in [3.8, 4) is 11.3 Å². The molecule has 0 aliphatic rings. The van der Waals surface area contributed by atoms with E-state index in [1.165, 1.54) is 37.4 Å². The van der Waals surface area contributed by atoms with Crippen molar-refractivity contribution < 1.29 is 51.7 Å². The number of alkyl carbamates (subject to hydrolysis) is 1. The number of hydrogen-bond acceptors (Lipinski definition) is 9. The lowest BCUT2D eigenvalue weighted by molar-refractivity contribution is -0.309. The van der Waals surface area contributed by atoms with Crippen molar-refractivity contribution in [2.75, 3.05) is 24.4 Å². The molecule has 1 aromatic carbocycles. The van der Waals surface area contributed by atoms with E-state index in [0.29, 0.717) is 6.61 Å². The predicted octanol–water partition coefficient (Wildman–Crippen LogP) is 5.44. The lowest BCUT2D eigenvalue weighted by Crippen LogP contribution is -2.36. The molecule has 48 heavy (non-hydrogen) atoms. The van der Waals surface area contributed by atoms with Gasteiger partial charge in [0.05, 0.1) is 24.5 Å². The standard InChI is InChI=1S/C31H44F3N5O8Si/c1-19(26(40)41)10-9-11-22(38-29(44)47-30(2,3)4)25-36-24(17-39(25)18-46-14-15-48(6,7)8)21-13-12-20(35-28(43)45-5)16-23(21)37-27(42)31(32,33)34/h9-10,12-13,16-17,19,22H,11,14-15,18H2,1-8H3,(H,35,43)(H,37,42)(H,38,44)(H,40,41)/p-1. The first-order valence-corrected chi connectivity index (χ1v) is 18.7. The second kappa shape index (κ2) is 16.6. The minimum Gasteiger partial charge on any atom is -0.550 e. The zero-order valence-corrected chi connectivity index (χ0v) is 29.2. The molecule has 266 valence electrons. The van der Waals surface area contributed by atoms with Crippen LogP contribution in [0, 0.1) is 5.92 Å². The fraction of sp³-hybridized carbons (Fsp3) is 0.516. The van der Waals surface area contributed by atoms with Gasteiger partial charge < -0.3 is 39.3 Å². The topological polar surface area (TPSA) is 173 Å². The number of carbonyl (C=O) groups is 4. The number of carboxylic acid groups (broad SMARTS) is 1. The Morgan fingerprint density at radius 2 is 1.75 bits per heavy atom. The monoisotopic (exact) mass is 698 g/mol. The van der Waals surface area contributed by atoms with Crippen molar-refractivity contribution in [3.63, 3.8) is 0 Å². The summed E-state index contributed by atoms with van der Waals surface area (Å²) in [6.45, 7) is 13.3. The van der Waals surface area contributed by atoms with Gasteiger partial charge >= 0.3 is 24.3 Å². The van der Waals surface area contributed by atoms with Crippen LogP contribution in [0.15, 0.2) is 36.5 Å². The van der Waals surface area contributed by atoms with Gasteiger partial charge in [-0.3, -0.25) is 10.1 Å². The van der Waals surface area contributed by atoms with Gasteiger partial charge in [0, 0.05) is 44.0 Å². The second-order valence-electron chi connectivity index (χ2n) is 13.1. The molecular formula is C31H43F3N5O8Si-. The van der Waals surface area contributed by atoms with Gasteiger partial charge in [-0.25, -0.2) is 14.6 Å². The zero-order valence-electron chi connectivity index (χ0n) is 28.2. The van der Waals surface area contributed by atoms with Gasteiger partial charge in [0.25, 0.3) is 0 Å². The molecule has 0 bridgehead atoms. The van der Waals surface area contributed by atoms with E-state index in [-0.39, 0.29) is 41.6 Å². The molecule has 0 fully saturated rings. The van der Waals surface area contributed by atoms with E-state index in [0.717, 1.165) is 19.2 Å². The first-order chi connectivity index (χ1) is 22.1. The molecule has 0 saturated carbocycles. The molecule has 0 aliphatic heterocycles. The summed E-state index contributed by atoms with van der Waals surface area (Å²) in [7, 11) is -0.373. The number of nitrogens with one attached hydrogen (secondary N) is 3. The molecule has 1 aromatic heterocycles. The number of nitrogens with zero attached hydrogens (tertiary/aromatic N) is 2. The fourth-order valence-corrected chi connectivity index (χ4v) is 4.73. The molecule has 0 spiro atoms. The summed E-state index contributed by atoms with van der Waals surface area (Å²) in [5, 5.41) is 18.2. The zero-order chi connectivity index (χ0) is 36.4. The molecule has 0 radical (unpaired) electrons. The van der Waals surface area contributed by atoms with Crippen LogP contribution in [-0.4, -0.2) is 67.2 Å². The van der Waals surface area contributed by atoms with Gasteiger partial charge in [-0.05, 0) is 51.4 Å². The number of rotatable bonds is 14. The number of carbonyl (C=O) groups excluding carboxylic acids is 4. The lowest BCUT2D eigenvalue weighted by Gasteiger charge is -2.23. The number of halogens is 3. The number of amides is 3. The van der Waals surface area contributed by atoms with Crippen LogP contribution >= 0.6 is 0 Å². The van der Waals surface area contributed by atoms with Crippen LogP contribution in [0.4, 0.5) is 34.1 Å². The number of carboxylic acids is 1. The maximum Gasteiger partial charge on any atom is 0.471 e. The van der Waals surface area contributed by atoms with Crippen LogP contribution in [0.2, 0.25) is 25.7 Å². The minimum atomic E-state index is -5.23. The van der Waals surface area contributed by atoms with E-state index in [1.54, 1.807) is 25.3 Å². The molecule has 3 N–H and O–H groups in total. The first kappa shape index (κ1) is 39.8. The average molecular weight is 699 g/mol. The van der Waals surface area contributed by atoms with E-state index in [9.17, 15) is 37.5 Å². The number of aliphatic carboxylic acids is 1. The Kier molecular flexibility index (Phi) is 13.8. The van der Waals surface area contributed by atoms with E-state index in [1.807, 2.05) is 5.32 Å². The van der Waals surface area contributed by atoms with Gasteiger partial charge in [-0.1, -0.05) is 38.7 Å². The van der Waals surface area contributed by atoms with Crippen LogP contribution in [-0.2, 0) is 30.5 Å². The van der Waals surface area contributed by atoms with Crippen LogP contribution in [0.25, 0.3) is 11.3 Å². The molecule has 1 heterocycles. The summed E-state index contributed by atoms with van der Waals surface area (Å²) in [4.78, 5) is 52.6. The highest BCUT2D eigenvalue weighted by Crippen LogP contribution is 2.33. The Balaban J connectivity index is 2.70. The summed E-state index contributed by atoms with van der Waals surface area (Å²) >= 11 is 0. The number of hydrogen-bond donors (Lipinski definition) is 3. The summed E-state index contributed by atoms with van der Waals surface area (Å²) in [5.41, 5.74) is -1.04. The average Bonchev–Trinajstić information content (AvgIpc) is 3.36. The Morgan fingerprint density at radius 3 is 2.31 bits per heavy atom. The van der Waals surface area contributed by atoms with Crippen molar-refractivity contribution in [3.05, 3.63) is 42.4 Å². The van der Waals surface area contributed by atoms with Gasteiger partial charge in [0.2, 0.25) is 0 Å². The molecule has 2 unspecified atom stereocenters. The van der Waals surface area contributed by atoms with Crippen LogP contribution in [0.3, 0.4) is 0 Å². The van der Waals surface area contributed by atoms with Gasteiger partial charge in [-0.2, -0.15) is 13.2 Å². The molecule has 3 amide bonds. The Labute approximate surface area is 278 Å². The van der Waals surface area contributed by atoms with Crippen LogP contribution in [0.5, 0.6) is 0 Å². The molecule has 0 saturated heterocycles. The maximum atomic E-state index is 13.3. The Morgan fingerprint density at radius 1 is 1.08 bits per heavy atom. The van der Waals surface area contributed by atoms with E-state index < -0.39 is 55.9 Å². The lowest BCUT2D eigenvalue weighted by atomic mass is 10.1. The highest BCUT2D eigenvalue weighted by atomic mass is 28.3. The van der Waals surface area contributed by atoms with E-state index >= 15 is 0 Å². The van der Waals surface area contributed by atoms with Gasteiger partial charge in [0.1, 0.15) is 18.2 Å². The first-order valence-electron chi connectivity index (χ1n) is 15.0. The molecule has 2 aromatic rings. The van der Waals surface area contributed by atoms with Crippen molar-refractivity contribution in [2.24, 2.45) is 5.92 Å². The molecule has 0 aliphatic carbocycles. The third-order valence-corrected chi connectivity index (χ3v) is 8.14. The van der Waals surface area contributed by atoms with Crippen molar-refractivity contribution in [1.29, 1.82) is 0 Å². The molecular weight excluding hydrogens is 655 g/mol.